The van der Waals surface area contributed by atoms with Gasteiger partial charge in [0.05, 0.1) is 0 Å². The summed E-state index contributed by atoms with van der Waals surface area (Å²) in [5, 5.41) is 0. The van der Waals surface area contributed by atoms with Crippen LogP contribution < -0.4 is 0 Å². The number of ether oxygens (including phenoxy) is 2. The average Bonchev–Trinajstić information content (AvgIpc) is 2.61. The molecule has 0 fully saturated rings. The van der Waals surface area contributed by atoms with E-state index in [9.17, 15) is 0 Å². The Kier molecular flexibility index (Phi) is 17.5. The molecule has 0 amide bonds. The van der Waals surface area contributed by atoms with Crippen molar-refractivity contribution in [3.05, 3.63) is 12.2 Å². The molecule has 2 atom stereocenters. The van der Waals surface area contributed by atoms with Gasteiger partial charge in [-0.3, -0.25) is 0 Å². The van der Waals surface area contributed by atoms with Crippen molar-refractivity contribution in [2.24, 2.45) is 17.8 Å². The van der Waals surface area contributed by atoms with Crippen molar-refractivity contribution < 1.29 is 9.47 Å². The van der Waals surface area contributed by atoms with E-state index in [0.717, 1.165) is 55.8 Å². The molecular weight excluding hydrogens is 332 g/mol. The van der Waals surface area contributed by atoms with Gasteiger partial charge in [0.2, 0.25) is 0 Å². The van der Waals surface area contributed by atoms with Gasteiger partial charge >= 0.3 is 0 Å². The van der Waals surface area contributed by atoms with Crippen molar-refractivity contribution in [2.75, 3.05) is 13.2 Å². The third-order valence-corrected chi connectivity index (χ3v) is 5.35. The first-order valence-electron chi connectivity index (χ1n) is 11.8. The second-order valence-corrected chi connectivity index (χ2v) is 9.09. The smallest absolute Gasteiger partial charge is 0.179 e. The molecule has 0 aromatic heterocycles. The van der Waals surface area contributed by atoms with Crippen LogP contribution >= 0.6 is 0 Å². The molecule has 0 radical (unpaired) electrons. The maximum absolute atomic E-state index is 5.83. The molecule has 0 saturated carbocycles. The van der Waals surface area contributed by atoms with E-state index in [2.05, 4.69) is 48.1 Å². The van der Waals surface area contributed by atoms with Gasteiger partial charge in [-0.05, 0) is 49.0 Å². The van der Waals surface area contributed by atoms with Crippen LogP contribution in [0, 0.1) is 17.8 Å². The van der Waals surface area contributed by atoms with E-state index in [0.29, 0.717) is 0 Å². The fourth-order valence-corrected chi connectivity index (χ4v) is 3.51. The monoisotopic (exact) mass is 382 g/mol. The molecule has 2 heteroatoms. The van der Waals surface area contributed by atoms with E-state index in [1.165, 1.54) is 51.4 Å². The molecular formula is C25H50O2. The number of hydrogen-bond donors (Lipinski definition) is 0. The van der Waals surface area contributed by atoms with Crippen LogP contribution in [0.4, 0.5) is 0 Å². The Bertz CT molecular complexity index is 329. The van der Waals surface area contributed by atoms with Crippen molar-refractivity contribution in [1.29, 1.82) is 0 Å². The van der Waals surface area contributed by atoms with Gasteiger partial charge in [-0.15, -0.1) is 0 Å². The zero-order valence-corrected chi connectivity index (χ0v) is 19.5. The highest BCUT2D eigenvalue weighted by atomic mass is 16.7. The van der Waals surface area contributed by atoms with Gasteiger partial charge in [0.1, 0.15) is 0 Å². The van der Waals surface area contributed by atoms with Crippen LogP contribution in [0.2, 0.25) is 0 Å². The third-order valence-electron chi connectivity index (χ3n) is 5.35. The normalized spacial score (nSPS) is 14.1. The molecule has 0 heterocycles. The number of rotatable bonds is 19. The number of hydrogen-bond acceptors (Lipinski definition) is 2. The first-order valence-corrected chi connectivity index (χ1v) is 11.8. The van der Waals surface area contributed by atoms with Crippen LogP contribution in [-0.2, 0) is 9.47 Å². The van der Waals surface area contributed by atoms with E-state index in [-0.39, 0.29) is 6.29 Å². The van der Waals surface area contributed by atoms with Crippen molar-refractivity contribution in [2.45, 2.75) is 118 Å². The zero-order chi connectivity index (χ0) is 20.5. The fraction of sp³-hybridized carbons (Fsp3) is 0.920. The molecule has 162 valence electrons. The van der Waals surface area contributed by atoms with E-state index >= 15 is 0 Å². The predicted octanol–water partition coefficient (Wildman–Crippen LogP) is 8.16. The summed E-state index contributed by atoms with van der Waals surface area (Å²) < 4.78 is 11.7. The first-order chi connectivity index (χ1) is 12.9. The van der Waals surface area contributed by atoms with E-state index < -0.39 is 0 Å². The highest BCUT2D eigenvalue weighted by molar-refractivity contribution is 4.98. The summed E-state index contributed by atoms with van der Waals surface area (Å²) in [7, 11) is 0. The Morgan fingerprint density at radius 2 is 1.15 bits per heavy atom. The van der Waals surface area contributed by atoms with E-state index in [1.54, 1.807) is 0 Å². The lowest BCUT2D eigenvalue weighted by molar-refractivity contribution is -0.119. The Balaban J connectivity index is 3.86. The molecule has 0 rings (SSSR count). The predicted molar refractivity (Wildman–Crippen MR) is 120 cm³/mol. The topological polar surface area (TPSA) is 18.5 Å². The summed E-state index contributed by atoms with van der Waals surface area (Å²) in [4.78, 5) is 0. The highest BCUT2D eigenvalue weighted by Crippen LogP contribution is 2.23. The van der Waals surface area contributed by atoms with Crippen LogP contribution in [0.5, 0.6) is 0 Å². The zero-order valence-electron chi connectivity index (χ0n) is 19.5. The lowest BCUT2D eigenvalue weighted by Gasteiger charge is -2.21. The molecule has 0 aromatic rings. The Hall–Kier alpha value is -0.340. The molecule has 0 aliphatic heterocycles. The van der Waals surface area contributed by atoms with E-state index in [1.807, 2.05) is 0 Å². The van der Waals surface area contributed by atoms with Gasteiger partial charge in [-0.25, -0.2) is 0 Å². The van der Waals surface area contributed by atoms with Crippen LogP contribution in [-0.4, -0.2) is 19.5 Å². The second kappa shape index (κ2) is 17.7. The molecule has 2 unspecified atom stereocenters. The summed E-state index contributed by atoms with van der Waals surface area (Å²) in [6.07, 6.45) is 13.7. The second-order valence-electron chi connectivity index (χ2n) is 9.09. The average molecular weight is 383 g/mol. The SMILES string of the molecule is C=C(CCCC(C)CCCC(C)CCCC(C)C)C(OCCC)OCCC. The van der Waals surface area contributed by atoms with Crippen LogP contribution in [0.1, 0.15) is 112 Å². The summed E-state index contributed by atoms with van der Waals surface area (Å²) in [6, 6.07) is 0. The molecule has 0 saturated heterocycles. The van der Waals surface area contributed by atoms with Gasteiger partial charge < -0.3 is 9.47 Å². The Morgan fingerprint density at radius 1 is 0.704 bits per heavy atom. The molecule has 0 bridgehead atoms. The molecule has 0 aliphatic carbocycles. The fourth-order valence-electron chi connectivity index (χ4n) is 3.51. The van der Waals surface area contributed by atoms with Crippen molar-refractivity contribution in [3.8, 4) is 0 Å². The first kappa shape index (κ1) is 26.7. The summed E-state index contributed by atoms with van der Waals surface area (Å²) in [5.41, 5.74) is 1.11. The summed E-state index contributed by atoms with van der Waals surface area (Å²) in [6.45, 7) is 19.5. The van der Waals surface area contributed by atoms with E-state index in [4.69, 9.17) is 9.47 Å². The van der Waals surface area contributed by atoms with Crippen molar-refractivity contribution >= 4 is 0 Å². The summed E-state index contributed by atoms with van der Waals surface area (Å²) in [5.74, 6) is 2.56. The van der Waals surface area contributed by atoms with Gasteiger partial charge in [0.25, 0.3) is 0 Å². The standard InChI is InChI=1S/C25H50O2/c1-8-19-26-25(27-20-9-2)24(7)18-12-17-23(6)16-11-15-22(5)14-10-13-21(3)4/h21-23,25H,7-20H2,1-6H3. The molecule has 0 aliphatic rings. The quantitative estimate of drug-likeness (QED) is 0.166. The lowest BCUT2D eigenvalue weighted by atomic mass is 9.91. The third kappa shape index (κ3) is 16.3. The minimum absolute atomic E-state index is 0.202. The molecule has 0 N–H and O–H groups in total. The maximum Gasteiger partial charge on any atom is 0.179 e. The molecule has 2 nitrogen and oxygen atoms in total. The molecule has 27 heavy (non-hydrogen) atoms. The lowest BCUT2D eigenvalue weighted by Crippen LogP contribution is -2.20. The van der Waals surface area contributed by atoms with Crippen molar-refractivity contribution in [1.82, 2.24) is 0 Å². The minimum atomic E-state index is -0.202. The molecule has 0 spiro atoms. The van der Waals surface area contributed by atoms with Crippen LogP contribution in [0.25, 0.3) is 0 Å². The van der Waals surface area contributed by atoms with Crippen LogP contribution in [0.3, 0.4) is 0 Å². The van der Waals surface area contributed by atoms with Crippen LogP contribution in [0.15, 0.2) is 12.2 Å². The Labute approximate surface area is 171 Å². The van der Waals surface area contributed by atoms with Gasteiger partial charge in [-0.2, -0.15) is 0 Å². The summed E-state index contributed by atoms with van der Waals surface area (Å²) >= 11 is 0. The van der Waals surface area contributed by atoms with Gasteiger partial charge in [0.15, 0.2) is 6.29 Å². The Morgan fingerprint density at radius 3 is 1.59 bits per heavy atom. The minimum Gasteiger partial charge on any atom is -0.349 e. The maximum atomic E-state index is 5.83. The van der Waals surface area contributed by atoms with Gasteiger partial charge in [-0.1, -0.05) is 93.1 Å². The highest BCUT2D eigenvalue weighted by Gasteiger charge is 2.14. The van der Waals surface area contributed by atoms with Gasteiger partial charge in [0, 0.05) is 13.2 Å². The largest absolute Gasteiger partial charge is 0.349 e. The molecule has 0 aromatic carbocycles. The van der Waals surface area contributed by atoms with Crippen molar-refractivity contribution in [3.63, 3.8) is 0 Å².